The number of nitrogens with zero attached hydrogens (tertiary/aromatic N) is 1. The maximum atomic E-state index is 12.0. The summed E-state index contributed by atoms with van der Waals surface area (Å²) in [6.07, 6.45) is 1.61. The smallest absolute Gasteiger partial charge is 0.157 e. The molecule has 1 aromatic carbocycles. The normalized spacial score (nSPS) is 19.5. The number of anilines is 1. The molecular weight excluding hydrogens is 234 g/mol. The van der Waals surface area contributed by atoms with Crippen LogP contribution in [0, 0.1) is 6.92 Å². The highest BCUT2D eigenvalue weighted by Crippen LogP contribution is 2.34. The molecular formula is C14H18ClNO. The number of Topliss-reactive ketones (excluding diaryl/α,β-unsaturated/α-hetero) is 1. The van der Waals surface area contributed by atoms with Gasteiger partial charge in [0.15, 0.2) is 5.78 Å². The summed E-state index contributed by atoms with van der Waals surface area (Å²) in [5, 5.41) is 0.760. The van der Waals surface area contributed by atoms with E-state index in [1.807, 2.05) is 39.0 Å². The van der Waals surface area contributed by atoms with Crippen LogP contribution in [-0.2, 0) is 4.79 Å². The van der Waals surface area contributed by atoms with Crippen LogP contribution < -0.4 is 4.90 Å². The van der Waals surface area contributed by atoms with Gasteiger partial charge in [0.25, 0.3) is 0 Å². The zero-order valence-electron chi connectivity index (χ0n) is 10.6. The van der Waals surface area contributed by atoms with Gasteiger partial charge in [-0.1, -0.05) is 17.7 Å². The maximum absolute atomic E-state index is 12.0. The predicted octanol–water partition coefficient (Wildman–Crippen LogP) is 3.60. The van der Waals surface area contributed by atoms with Crippen molar-refractivity contribution in [1.29, 1.82) is 0 Å². The average Bonchev–Trinajstić information content (AvgIpc) is 2.27. The summed E-state index contributed by atoms with van der Waals surface area (Å²) in [6.45, 7) is 6.91. The van der Waals surface area contributed by atoms with Gasteiger partial charge in [-0.15, -0.1) is 0 Å². The van der Waals surface area contributed by atoms with Crippen molar-refractivity contribution in [2.75, 3.05) is 11.4 Å². The van der Waals surface area contributed by atoms with Crippen molar-refractivity contribution >= 4 is 23.1 Å². The summed E-state index contributed by atoms with van der Waals surface area (Å²) in [5.74, 6) is 0.308. The minimum absolute atomic E-state index is 0.308. The molecule has 0 saturated carbocycles. The first-order valence-corrected chi connectivity index (χ1v) is 6.38. The van der Waals surface area contributed by atoms with E-state index in [1.165, 1.54) is 0 Å². The third kappa shape index (κ3) is 2.06. The standard InChI is InChI=1S/C14H18ClNO/c1-10-11(15)6-4-7-12(10)16-9-5-8-13(17)14(16,2)3/h4,6-7H,5,8-9H2,1-3H3. The van der Waals surface area contributed by atoms with Crippen molar-refractivity contribution in [3.05, 3.63) is 28.8 Å². The van der Waals surface area contributed by atoms with Crippen LogP contribution in [0.25, 0.3) is 0 Å². The Kier molecular flexibility index (Phi) is 3.17. The molecule has 1 aromatic rings. The van der Waals surface area contributed by atoms with Gasteiger partial charge in [-0.05, 0) is 44.9 Å². The number of ketones is 1. The van der Waals surface area contributed by atoms with Crippen LogP contribution in [0.3, 0.4) is 0 Å². The van der Waals surface area contributed by atoms with Crippen LogP contribution in [0.1, 0.15) is 32.3 Å². The zero-order valence-corrected chi connectivity index (χ0v) is 11.3. The summed E-state index contributed by atoms with van der Waals surface area (Å²) >= 11 is 6.15. The van der Waals surface area contributed by atoms with Gasteiger partial charge in [0.05, 0.1) is 5.54 Å². The third-order valence-corrected chi connectivity index (χ3v) is 4.08. The Hall–Kier alpha value is -1.02. The Bertz CT molecular complexity index is 454. The minimum Gasteiger partial charge on any atom is -0.359 e. The van der Waals surface area contributed by atoms with E-state index < -0.39 is 5.54 Å². The Labute approximate surface area is 108 Å². The molecule has 92 valence electrons. The number of rotatable bonds is 1. The van der Waals surface area contributed by atoms with Gasteiger partial charge in [-0.3, -0.25) is 4.79 Å². The van der Waals surface area contributed by atoms with E-state index in [9.17, 15) is 4.79 Å². The molecule has 1 heterocycles. The molecule has 0 bridgehead atoms. The SMILES string of the molecule is Cc1c(Cl)cccc1N1CCCC(=O)C1(C)C. The summed E-state index contributed by atoms with van der Waals surface area (Å²) in [4.78, 5) is 14.2. The fourth-order valence-electron chi connectivity index (χ4n) is 2.44. The molecule has 0 atom stereocenters. The van der Waals surface area contributed by atoms with Gasteiger partial charge < -0.3 is 4.90 Å². The molecule has 0 spiro atoms. The topological polar surface area (TPSA) is 20.3 Å². The first kappa shape index (κ1) is 12.4. The van der Waals surface area contributed by atoms with Crippen LogP contribution in [0.15, 0.2) is 18.2 Å². The highest BCUT2D eigenvalue weighted by Gasteiger charge is 2.37. The Morgan fingerprint density at radius 3 is 2.76 bits per heavy atom. The fourth-order valence-corrected chi connectivity index (χ4v) is 2.61. The van der Waals surface area contributed by atoms with Crippen molar-refractivity contribution in [3.63, 3.8) is 0 Å². The first-order valence-electron chi connectivity index (χ1n) is 6.00. The summed E-state index contributed by atoms with van der Waals surface area (Å²) in [6, 6.07) is 5.88. The van der Waals surface area contributed by atoms with Gasteiger partial charge in [-0.2, -0.15) is 0 Å². The largest absolute Gasteiger partial charge is 0.359 e. The average molecular weight is 252 g/mol. The first-order chi connectivity index (χ1) is 7.94. The lowest BCUT2D eigenvalue weighted by atomic mass is 9.88. The Morgan fingerprint density at radius 2 is 2.06 bits per heavy atom. The van der Waals surface area contributed by atoms with Crippen LogP contribution in [0.2, 0.25) is 5.02 Å². The molecule has 1 aliphatic heterocycles. The summed E-state index contributed by atoms with van der Waals surface area (Å²) < 4.78 is 0. The lowest BCUT2D eigenvalue weighted by molar-refractivity contribution is -0.124. The number of hydrogen-bond donors (Lipinski definition) is 0. The lowest BCUT2D eigenvalue weighted by Crippen LogP contribution is -2.54. The molecule has 0 amide bonds. The quantitative estimate of drug-likeness (QED) is 0.760. The number of benzene rings is 1. The molecule has 0 aliphatic carbocycles. The monoisotopic (exact) mass is 251 g/mol. The van der Waals surface area contributed by atoms with Crippen molar-refractivity contribution in [1.82, 2.24) is 0 Å². The molecule has 1 fully saturated rings. The number of piperidine rings is 1. The maximum Gasteiger partial charge on any atom is 0.157 e. The molecule has 0 N–H and O–H groups in total. The molecule has 0 aromatic heterocycles. The molecule has 17 heavy (non-hydrogen) atoms. The fraction of sp³-hybridized carbons (Fsp3) is 0.500. The molecule has 3 heteroatoms. The lowest BCUT2D eigenvalue weighted by Gasteiger charge is -2.43. The number of carbonyl (C=O) groups excluding carboxylic acids is 1. The Balaban J connectivity index is 2.45. The van der Waals surface area contributed by atoms with Crippen LogP contribution in [0.5, 0.6) is 0 Å². The summed E-state index contributed by atoms with van der Waals surface area (Å²) in [5.41, 5.74) is 1.71. The molecule has 0 radical (unpaired) electrons. The van der Waals surface area contributed by atoms with E-state index >= 15 is 0 Å². The number of hydrogen-bond acceptors (Lipinski definition) is 2. The van der Waals surface area contributed by atoms with Gasteiger partial charge in [0.2, 0.25) is 0 Å². The molecule has 1 aliphatic rings. The molecule has 2 rings (SSSR count). The highest BCUT2D eigenvalue weighted by atomic mass is 35.5. The van der Waals surface area contributed by atoms with Gasteiger partial charge >= 0.3 is 0 Å². The van der Waals surface area contributed by atoms with Crippen LogP contribution in [0.4, 0.5) is 5.69 Å². The van der Waals surface area contributed by atoms with Gasteiger partial charge in [0.1, 0.15) is 0 Å². The van der Waals surface area contributed by atoms with Crippen molar-refractivity contribution in [2.24, 2.45) is 0 Å². The van der Waals surface area contributed by atoms with E-state index in [-0.39, 0.29) is 0 Å². The van der Waals surface area contributed by atoms with Crippen molar-refractivity contribution < 1.29 is 4.79 Å². The van der Waals surface area contributed by atoms with Crippen LogP contribution >= 0.6 is 11.6 Å². The van der Waals surface area contributed by atoms with E-state index in [0.29, 0.717) is 12.2 Å². The van der Waals surface area contributed by atoms with E-state index in [2.05, 4.69) is 4.90 Å². The summed E-state index contributed by atoms with van der Waals surface area (Å²) in [7, 11) is 0. The molecule has 1 saturated heterocycles. The van der Waals surface area contributed by atoms with Gasteiger partial charge in [-0.25, -0.2) is 0 Å². The second-order valence-corrected chi connectivity index (χ2v) is 5.53. The molecule has 2 nitrogen and oxygen atoms in total. The number of carbonyl (C=O) groups is 1. The number of halogens is 1. The second-order valence-electron chi connectivity index (χ2n) is 5.12. The van der Waals surface area contributed by atoms with Crippen molar-refractivity contribution in [3.8, 4) is 0 Å². The second kappa shape index (κ2) is 4.34. The minimum atomic E-state index is -0.423. The van der Waals surface area contributed by atoms with E-state index in [0.717, 1.165) is 29.2 Å². The Morgan fingerprint density at radius 1 is 1.35 bits per heavy atom. The predicted molar refractivity (Wildman–Crippen MR) is 71.9 cm³/mol. The van der Waals surface area contributed by atoms with Crippen molar-refractivity contribution in [2.45, 2.75) is 39.2 Å². The highest BCUT2D eigenvalue weighted by molar-refractivity contribution is 6.31. The van der Waals surface area contributed by atoms with Crippen LogP contribution in [-0.4, -0.2) is 17.9 Å². The van der Waals surface area contributed by atoms with E-state index in [1.54, 1.807) is 0 Å². The van der Waals surface area contributed by atoms with Gasteiger partial charge in [0, 0.05) is 23.7 Å². The zero-order chi connectivity index (χ0) is 12.6. The van der Waals surface area contributed by atoms with E-state index in [4.69, 9.17) is 11.6 Å². The molecule has 0 unspecified atom stereocenters. The third-order valence-electron chi connectivity index (χ3n) is 3.67.